The number of aromatic nitrogens is 1. The van der Waals surface area contributed by atoms with E-state index >= 15 is 0 Å². The second-order valence-electron chi connectivity index (χ2n) is 7.36. The highest BCUT2D eigenvalue weighted by atomic mass is 32.2. The van der Waals surface area contributed by atoms with Gasteiger partial charge in [0.05, 0.1) is 21.7 Å². The Morgan fingerprint density at radius 2 is 1.64 bits per heavy atom. The van der Waals surface area contributed by atoms with Crippen LogP contribution in [0.25, 0.3) is 11.8 Å². The lowest BCUT2D eigenvalue weighted by Crippen LogP contribution is -2.19. The third-order valence-corrected chi connectivity index (χ3v) is 5.97. The van der Waals surface area contributed by atoms with Gasteiger partial charge in [0, 0.05) is 17.1 Å². The molecule has 3 N–H and O–H groups in total. The van der Waals surface area contributed by atoms with Gasteiger partial charge in [0.1, 0.15) is 0 Å². The first-order valence-corrected chi connectivity index (χ1v) is 10.7. The topological polar surface area (TPSA) is 121 Å². The molecular formula is C24H19N3O5S. The van der Waals surface area contributed by atoms with Crippen LogP contribution in [0.4, 0.5) is 5.69 Å². The number of aryl methyl sites for hydroxylation is 1. The van der Waals surface area contributed by atoms with Crippen LogP contribution in [-0.2, 0) is 4.79 Å². The number of aromatic carboxylic acids is 2. The molecular weight excluding hydrogens is 442 g/mol. The maximum atomic E-state index is 12.5. The lowest BCUT2D eigenvalue weighted by molar-refractivity contribution is -0.115. The number of carboxylic acids is 2. The summed E-state index contributed by atoms with van der Waals surface area (Å²) in [5, 5.41) is 22.0. The zero-order valence-corrected chi connectivity index (χ0v) is 18.5. The van der Waals surface area contributed by atoms with Gasteiger partial charge in [0.25, 0.3) is 5.91 Å². The molecule has 0 spiro atoms. The molecule has 4 rings (SSSR count). The molecule has 166 valence electrons. The Morgan fingerprint density at radius 3 is 2.24 bits per heavy atom. The van der Waals surface area contributed by atoms with Crippen molar-refractivity contribution < 1.29 is 24.6 Å². The van der Waals surface area contributed by atoms with Crippen molar-refractivity contribution in [3.05, 3.63) is 87.6 Å². The van der Waals surface area contributed by atoms with Crippen LogP contribution < -0.4 is 5.32 Å². The first-order valence-electron chi connectivity index (χ1n) is 9.88. The van der Waals surface area contributed by atoms with Crippen LogP contribution in [0.2, 0.25) is 0 Å². The molecule has 1 fully saturated rings. The van der Waals surface area contributed by atoms with Crippen LogP contribution in [0, 0.1) is 13.8 Å². The highest BCUT2D eigenvalue weighted by molar-refractivity contribution is 8.18. The fraction of sp³-hybridized carbons (Fsp3) is 0.0833. The van der Waals surface area contributed by atoms with E-state index < -0.39 is 11.9 Å². The Hall–Kier alpha value is -4.11. The van der Waals surface area contributed by atoms with Crippen LogP contribution >= 0.6 is 11.8 Å². The Kier molecular flexibility index (Phi) is 5.89. The normalized spacial score (nSPS) is 15.8. The first-order chi connectivity index (χ1) is 15.7. The molecule has 1 amide bonds. The second-order valence-corrected chi connectivity index (χ2v) is 8.39. The first kappa shape index (κ1) is 22.1. The lowest BCUT2D eigenvalue weighted by Gasteiger charge is -2.12. The van der Waals surface area contributed by atoms with Crippen LogP contribution in [0.1, 0.15) is 37.7 Å². The molecule has 0 bridgehead atoms. The van der Waals surface area contributed by atoms with Crippen molar-refractivity contribution >= 4 is 46.5 Å². The monoisotopic (exact) mass is 461 g/mol. The average molecular weight is 461 g/mol. The van der Waals surface area contributed by atoms with E-state index in [1.165, 1.54) is 23.9 Å². The zero-order chi connectivity index (χ0) is 23.7. The third-order valence-electron chi connectivity index (χ3n) is 5.06. The summed E-state index contributed by atoms with van der Waals surface area (Å²) in [5.74, 6) is -2.69. The zero-order valence-electron chi connectivity index (χ0n) is 17.7. The van der Waals surface area contributed by atoms with Gasteiger partial charge in [-0.25, -0.2) is 14.6 Å². The van der Waals surface area contributed by atoms with Crippen LogP contribution in [0.3, 0.4) is 0 Å². The Morgan fingerprint density at radius 1 is 1.00 bits per heavy atom. The molecule has 0 radical (unpaired) electrons. The minimum absolute atomic E-state index is 0.121. The number of hydrogen-bond donors (Lipinski definition) is 3. The van der Waals surface area contributed by atoms with Crippen molar-refractivity contribution in [2.45, 2.75) is 13.8 Å². The van der Waals surface area contributed by atoms with Crippen LogP contribution in [0.5, 0.6) is 0 Å². The standard InChI is InChI=1S/C24H19N3O5S/c1-13-8-15(12-20-21(28)26-24(33-20)25-18-6-4-3-5-7-18)14(2)27(13)19-10-16(22(29)30)9-17(11-19)23(31)32/h3-12H,1-2H3,(H,29,30)(H,31,32)(H,25,26,28)/b20-12-. The number of carboxylic acid groups (broad SMARTS) is 2. The fourth-order valence-corrected chi connectivity index (χ4v) is 4.39. The van der Waals surface area contributed by atoms with Crippen molar-refractivity contribution in [1.82, 2.24) is 9.88 Å². The van der Waals surface area contributed by atoms with E-state index in [2.05, 4.69) is 10.3 Å². The van der Waals surface area contributed by atoms with Crippen LogP contribution in [0.15, 0.2) is 64.5 Å². The van der Waals surface area contributed by atoms with E-state index in [0.717, 1.165) is 28.7 Å². The van der Waals surface area contributed by atoms with Gasteiger partial charge >= 0.3 is 11.9 Å². The second kappa shape index (κ2) is 8.79. The number of rotatable bonds is 5. The van der Waals surface area contributed by atoms with Crippen molar-refractivity contribution in [2.24, 2.45) is 4.99 Å². The molecule has 1 aliphatic heterocycles. The molecule has 33 heavy (non-hydrogen) atoms. The third kappa shape index (κ3) is 4.58. The quantitative estimate of drug-likeness (QED) is 0.485. The van der Waals surface area contributed by atoms with Crippen molar-refractivity contribution in [1.29, 1.82) is 0 Å². The molecule has 1 aliphatic rings. The highest BCUT2D eigenvalue weighted by Crippen LogP contribution is 2.31. The Balaban J connectivity index is 1.71. The van der Waals surface area contributed by atoms with Gasteiger partial charge in [-0.15, -0.1) is 0 Å². The van der Waals surface area contributed by atoms with E-state index in [1.807, 2.05) is 50.2 Å². The summed E-state index contributed by atoms with van der Waals surface area (Å²) in [4.78, 5) is 40.4. The predicted molar refractivity (Wildman–Crippen MR) is 126 cm³/mol. The van der Waals surface area contributed by atoms with Crippen molar-refractivity contribution in [2.75, 3.05) is 0 Å². The Bertz CT molecular complexity index is 1320. The van der Waals surface area contributed by atoms with E-state index in [4.69, 9.17) is 0 Å². The largest absolute Gasteiger partial charge is 0.478 e. The molecule has 3 aromatic rings. The Labute approximate surface area is 193 Å². The molecule has 9 heteroatoms. The summed E-state index contributed by atoms with van der Waals surface area (Å²) in [6.07, 6.45) is 1.74. The van der Waals surface area contributed by atoms with E-state index in [-0.39, 0.29) is 17.0 Å². The maximum Gasteiger partial charge on any atom is 0.335 e. The number of aliphatic imine (C=N–C) groups is 1. The van der Waals surface area contributed by atoms with Gasteiger partial charge in [-0.2, -0.15) is 0 Å². The van der Waals surface area contributed by atoms with Gasteiger partial charge < -0.3 is 20.1 Å². The SMILES string of the molecule is Cc1cc(/C=C2\SC(=Nc3ccccc3)NC2=O)c(C)n1-c1cc(C(=O)O)cc(C(=O)O)c1. The summed E-state index contributed by atoms with van der Waals surface area (Å²) >= 11 is 1.23. The summed E-state index contributed by atoms with van der Waals surface area (Å²) in [6, 6.07) is 15.1. The number of amidine groups is 1. The molecule has 1 aromatic heterocycles. The van der Waals surface area contributed by atoms with Gasteiger partial charge in [-0.1, -0.05) is 18.2 Å². The summed E-state index contributed by atoms with van der Waals surface area (Å²) in [6.45, 7) is 3.65. The highest BCUT2D eigenvalue weighted by Gasteiger charge is 2.25. The van der Waals surface area contributed by atoms with E-state index in [0.29, 0.717) is 15.8 Å². The molecule has 0 unspecified atom stereocenters. The minimum atomic E-state index is -1.21. The van der Waals surface area contributed by atoms with Gasteiger partial charge in [-0.05, 0) is 73.6 Å². The number of para-hydroxylation sites is 1. The lowest BCUT2D eigenvalue weighted by atomic mass is 10.1. The van der Waals surface area contributed by atoms with Crippen molar-refractivity contribution in [3.8, 4) is 5.69 Å². The molecule has 8 nitrogen and oxygen atoms in total. The predicted octanol–water partition coefficient (Wildman–Crippen LogP) is 4.38. The summed E-state index contributed by atoms with van der Waals surface area (Å²) < 4.78 is 1.77. The minimum Gasteiger partial charge on any atom is -0.478 e. The molecule has 0 atom stereocenters. The summed E-state index contributed by atoms with van der Waals surface area (Å²) in [7, 11) is 0. The van der Waals surface area contributed by atoms with Crippen molar-refractivity contribution in [3.63, 3.8) is 0 Å². The molecule has 2 aromatic carbocycles. The van der Waals surface area contributed by atoms with Gasteiger partial charge in [-0.3, -0.25) is 4.79 Å². The molecule has 0 aliphatic carbocycles. The number of hydrogen-bond acceptors (Lipinski definition) is 5. The van der Waals surface area contributed by atoms with E-state index in [1.54, 1.807) is 10.6 Å². The number of carbonyl (C=O) groups excluding carboxylic acids is 1. The smallest absolute Gasteiger partial charge is 0.335 e. The number of amides is 1. The van der Waals surface area contributed by atoms with E-state index in [9.17, 15) is 24.6 Å². The number of nitrogens with zero attached hydrogens (tertiary/aromatic N) is 2. The maximum absolute atomic E-state index is 12.5. The number of nitrogens with one attached hydrogen (secondary N) is 1. The average Bonchev–Trinajstić information content (AvgIpc) is 3.26. The fourth-order valence-electron chi connectivity index (χ4n) is 3.56. The number of thioether (sulfide) groups is 1. The molecule has 0 saturated carbocycles. The number of carbonyl (C=O) groups is 3. The molecule has 1 saturated heterocycles. The van der Waals surface area contributed by atoms with Crippen LogP contribution in [-0.4, -0.2) is 37.8 Å². The molecule has 2 heterocycles. The van der Waals surface area contributed by atoms with Gasteiger partial charge in [0.2, 0.25) is 0 Å². The van der Waals surface area contributed by atoms with Gasteiger partial charge in [0.15, 0.2) is 5.17 Å². The summed E-state index contributed by atoms with van der Waals surface area (Å²) in [5.41, 5.74) is 3.16. The number of benzene rings is 2.